The third kappa shape index (κ3) is 2.93. The van der Waals surface area contributed by atoms with Crippen LogP contribution >= 0.6 is 15.9 Å². The van der Waals surface area contributed by atoms with Gasteiger partial charge in [0.15, 0.2) is 0 Å². The molecule has 0 fully saturated rings. The lowest BCUT2D eigenvalue weighted by molar-refractivity contribution is 0.590. The minimum Gasteiger partial charge on any atom is -0.325 e. The van der Waals surface area contributed by atoms with E-state index in [1.807, 2.05) is 6.20 Å². The smallest absolute Gasteiger partial charge is 0.140 e. The number of benzene rings is 1. The molecular weight excluding hydrogens is 350 g/mol. The average Bonchev–Trinajstić information content (AvgIpc) is 2.85. The van der Waals surface area contributed by atoms with Gasteiger partial charge in [-0.3, -0.25) is 0 Å². The molecule has 0 amide bonds. The molecule has 2 heterocycles. The van der Waals surface area contributed by atoms with E-state index in [1.54, 1.807) is 0 Å². The van der Waals surface area contributed by atoms with Gasteiger partial charge in [-0.1, -0.05) is 45.0 Å². The number of nitrogens with two attached hydrogens (primary N) is 1. The topological polar surface area (TPSA) is 43.3 Å². The van der Waals surface area contributed by atoms with E-state index in [0.29, 0.717) is 6.54 Å². The SMILES string of the molecule is Cc1cc(Br)cn2c(CN)c(-c3ccc(C(C)(C)C)cc3)nc12. The second-order valence-electron chi connectivity index (χ2n) is 6.97. The Kier molecular flexibility index (Phi) is 4.07. The van der Waals surface area contributed by atoms with Crippen molar-refractivity contribution in [3.8, 4) is 11.3 Å². The van der Waals surface area contributed by atoms with E-state index in [9.17, 15) is 0 Å². The summed E-state index contributed by atoms with van der Waals surface area (Å²) < 4.78 is 3.12. The first kappa shape index (κ1) is 16.2. The van der Waals surface area contributed by atoms with Crippen molar-refractivity contribution in [3.05, 3.63) is 57.8 Å². The largest absolute Gasteiger partial charge is 0.325 e. The summed E-state index contributed by atoms with van der Waals surface area (Å²) >= 11 is 3.55. The first-order chi connectivity index (χ1) is 10.8. The summed E-state index contributed by atoms with van der Waals surface area (Å²) in [6.45, 7) is 9.19. The predicted octanol–water partition coefficient (Wildman–Crippen LogP) is 4.83. The second-order valence-corrected chi connectivity index (χ2v) is 7.89. The molecule has 2 N–H and O–H groups in total. The van der Waals surface area contributed by atoms with E-state index in [4.69, 9.17) is 10.7 Å². The Hall–Kier alpha value is -1.65. The molecule has 120 valence electrons. The standard InChI is InChI=1S/C19H22BrN3/c1-12-9-15(20)11-23-16(10-21)17(22-18(12)23)13-5-7-14(8-6-13)19(2,3)4/h5-9,11H,10,21H2,1-4H3. The van der Waals surface area contributed by atoms with Crippen LogP contribution in [0.3, 0.4) is 0 Å². The van der Waals surface area contributed by atoms with Gasteiger partial charge in [0, 0.05) is 22.8 Å². The Balaban J connectivity index is 2.18. The van der Waals surface area contributed by atoms with Gasteiger partial charge in [-0.15, -0.1) is 0 Å². The third-order valence-corrected chi connectivity index (χ3v) is 4.62. The monoisotopic (exact) mass is 371 g/mol. The van der Waals surface area contributed by atoms with Crippen LogP contribution in [0.1, 0.15) is 37.6 Å². The number of fused-ring (bicyclic) bond motifs is 1. The molecule has 0 unspecified atom stereocenters. The molecule has 0 saturated carbocycles. The van der Waals surface area contributed by atoms with Crippen molar-refractivity contribution >= 4 is 21.6 Å². The van der Waals surface area contributed by atoms with E-state index in [2.05, 4.69) is 78.4 Å². The van der Waals surface area contributed by atoms with Crippen molar-refractivity contribution in [3.63, 3.8) is 0 Å². The molecule has 0 saturated heterocycles. The number of pyridine rings is 1. The van der Waals surface area contributed by atoms with Gasteiger partial charge in [-0.25, -0.2) is 4.98 Å². The lowest BCUT2D eigenvalue weighted by Gasteiger charge is -2.19. The Labute approximate surface area is 145 Å². The highest BCUT2D eigenvalue weighted by molar-refractivity contribution is 9.10. The summed E-state index contributed by atoms with van der Waals surface area (Å²) in [5, 5.41) is 0. The molecule has 0 atom stereocenters. The van der Waals surface area contributed by atoms with Crippen molar-refractivity contribution in [2.45, 2.75) is 39.7 Å². The van der Waals surface area contributed by atoms with Crippen LogP contribution in [0.5, 0.6) is 0 Å². The van der Waals surface area contributed by atoms with Crippen molar-refractivity contribution < 1.29 is 0 Å². The summed E-state index contributed by atoms with van der Waals surface area (Å²) in [4.78, 5) is 4.85. The Morgan fingerprint density at radius 3 is 2.39 bits per heavy atom. The van der Waals surface area contributed by atoms with Crippen molar-refractivity contribution in [1.82, 2.24) is 9.38 Å². The number of aromatic nitrogens is 2. The van der Waals surface area contributed by atoms with Crippen LogP contribution < -0.4 is 5.73 Å². The summed E-state index contributed by atoms with van der Waals surface area (Å²) in [5.74, 6) is 0. The highest BCUT2D eigenvalue weighted by Crippen LogP contribution is 2.29. The minimum absolute atomic E-state index is 0.148. The minimum atomic E-state index is 0.148. The summed E-state index contributed by atoms with van der Waals surface area (Å²) in [7, 11) is 0. The van der Waals surface area contributed by atoms with Gasteiger partial charge in [0.2, 0.25) is 0 Å². The van der Waals surface area contributed by atoms with Gasteiger partial charge in [-0.05, 0) is 45.5 Å². The fraction of sp³-hybridized carbons (Fsp3) is 0.316. The Morgan fingerprint density at radius 2 is 1.83 bits per heavy atom. The average molecular weight is 372 g/mol. The fourth-order valence-corrected chi connectivity index (χ4v) is 3.42. The zero-order valence-electron chi connectivity index (χ0n) is 14.0. The maximum Gasteiger partial charge on any atom is 0.140 e. The van der Waals surface area contributed by atoms with Crippen molar-refractivity contribution in [2.75, 3.05) is 0 Å². The van der Waals surface area contributed by atoms with E-state index < -0.39 is 0 Å². The maximum atomic E-state index is 6.02. The summed E-state index contributed by atoms with van der Waals surface area (Å²) in [6, 6.07) is 10.7. The molecule has 3 aromatic rings. The molecule has 1 aromatic carbocycles. The van der Waals surface area contributed by atoms with Gasteiger partial charge >= 0.3 is 0 Å². The normalized spacial score (nSPS) is 12.1. The fourth-order valence-electron chi connectivity index (χ4n) is 2.87. The lowest BCUT2D eigenvalue weighted by atomic mass is 9.86. The van der Waals surface area contributed by atoms with Crippen LogP contribution in [0.25, 0.3) is 16.9 Å². The van der Waals surface area contributed by atoms with Crippen LogP contribution in [0.15, 0.2) is 41.0 Å². The zero-order chi connectivity index (χ0) is 16.8. The van der Waals surface area contributed by atoms with Crippen LogP contribution in [0, 0.1) is 6.92 Å². The second kappa shape index (κ2) is 5.77. The molecular formula is C19H22BrN3. The molecule has 23 heavy (non-hydrogen) atoms. The predicted molar refractivity (Wildman–Crippen MR) is 99.7 cm³/mol. The number of halogens is 1. The van der Waals surface area contributed by atoms with Crippen molar-refractivity contribution in [1.29, 1.82) is 0 Å². The van der Waals surface area contributed by atoms with Gasteiger partial charge in [-0.2, -0.15) is 0 Å². The van der Waals surface area contributed by atoms with Crippen LogP contribution in [0.4, 0.5) is 0 Å². The molecule has 0 aliphatic carbocycles. The highest BCUT2D eigenvalue weighted by Gasteiger charge is 2.17. The van der Waals surface area contributed by atoms with Crippen LogP contribution in [-0.4, -0.2) is 9.38 Å². The van der Waals surface area contributed by atoms with Gasteiger partial charge in [0.05, 0.1) is 11.4 Å². The summed E-state index contributed by atoms with van der Waals surface area (Å²) in [5.41, 5.74) is 12.7. The first-order valence-corrected chi connectivity index (χ1v) is 8.58. The molecule has 2 aromatic heterocycles. The quantitative estimate of drug-likeness (QED) is 0.700. The molecule has 0 bridgehead atoms. The molecule has 3 rings (SSSR count). The van der Waals surface area contributed by atoms with E-state index in [-0.39, 0.29) is 5.41 Å². The maximum absolute atomic E-state index is 6.02. The molecule has 4 heteroatoms. The molecule has 0 spiro atoms. The highest BCUT2D eigenvalue weighted by atomic mass is 79.9. The molecule has 0 aliphatic rings. The van der Waals surface area contributed by atoms with Crippen LogP contribution in [-0.2, 0) is 12.0 Å². The van der Waals surface area contributed by atoms with E-state index in [1.165, 1.54) is 5.56 Å². The molecule has 3 nitrogen and oxygen atoms in total. The number of rotatable bonds is 2. The number of nitrogens with zero attached hydrogens (tertiary/aromatic N) is 2. The number of aryl methyl sites for hydroxylation is 1. The van der Waals surface area contributed by atoms with Crippen molar-refractivity contribution in [2.24, 2.45) is 5.73 Å². The number of imidazole rings is 1. The molecule has 0 aliphatic heterocycles. The van der Waals surface area contributed by atoms with Crippen LogP contribution in [0.2, 0.25) is 0 Å². The van der Waals surface area contributed by atoms with Gasteiger partial charge in [0.1, 0.15) is 5.65 Å². The molecule has 0 radical (unpaired) electrons. The first-order valence-electron chi connectivity index (χ1n) is 7.79. The van der Waals surface area contributed by atoms with E-state index >= 15 is 0 Å². The zero-order valence-corrected chi connectivity index (χ0v) is 15.6. The number of hydrogen-bond acceptors (Lipinski definition) is 2. The lowest BCUT2D eigenvalue weighted by Crippen LogP contribution is -2.10. The third-order valence-electron chi connectivity index (χ3n) is 4.19. The van der Waals surface area contributed by atoms with Gasteiger partial charge in [0.25, 0.3) is 0 Å². The van der Waals surface area contributed by atoms with E-state index in [0.717, 1.165) is 32.6 Å². The van der Waals surface area contributed by atoms with Gasteiger partial charge < -0.3 is 10.1 Å². The Bertz CT molecular complexity index is 855. The summed E-state index contributed by atoms with van der Waals surface area (Å²) in [6.07, 6.45) is 2.03. The number of hydrogen-bond donors (Lipinski definition) is 1. The Morgan fingerprint density at radius 1 is 1.17 bits per heavy atom.